The normalized spacial score (nSPS) is 19.8. The van der Waals surface area contributed by atoms with Crippen molar-refractivity contribution < 1.29 is 13.2 Å². The second kappa shape index (κ2) is 6.89. The van der Waals surface area contributed by atoms with E-state index in [-0.39, 0.29) is 10.9 Å². The van der Waals surface area contributed by atoms with Crippen molar-refractivity contribution in [1.82, 2.24) is 10.0 Å². The van der Waals surface area contributed by atoms with Crippen molar-refractivity contribution in [2.45, 2.75) is 30.7 Å². The molecule has 2 N–H and O–H groups in total. The zero-order chi connectivity index (χ0) is 14.6. The van der Waals surface area contributed by atoms with Gasteiger partial charge in [-0.3, -0.25) is 0 Å². The van der Waals surface area contributed by atoms with E-state index in [0.29, 0.717) is 23.4 Å². The van der Waals surface area contributed by atoms with Gasteiger partial charge in [0.25, 0.3) is 0 Å². The molecule has 112 valence electrons. The predicted molar refractivity (Wildman–Crippen MR) is 81.5 cm³/mol. The third-order valence-corrected chi connectivity index (χ3v) is 5.27. The lowest BCUT2D eigenvalue weighted by atomic mass is 10.1. The fraction of sp³-hybridized carbons (Fsp3) is 0.538. The van der Waals surface area contributed by atoms with Crippen LogP contribution in [-0.2, 0) is 10.0 Å². The Morgan fingerprint density at radius 2 is 2.30 bits per heavy atom. The van der Waals surface area contributed by atoms with Gasteiger partial charge in [0.2, 0.25) is 10.0 Å². The van der Waals surface area contributed by atoms with Gasteiger partial charge in [-0.15, -0.1) is 0 Å². The largest absolute Gasteiger partial charge is 0.493 e. The van der Waals surface area contributed by atoms with Crippen LogP contribution in [0.2, 0.25) is 0 Å². The number of halogens is 1. The Balaban J connectivity index is 2.14. The molecule has 0 saturated carbocycles. The molecule has 1 fully saturated rings. The first kappa shape index (κ1) is 15.8. The number of ether oxygens (including phenoxy) is 1. The predicted octanol–water partition coefficient (Wildman–Crippen LogP) is 1.88. The highest BCUT2D eigenvalue weighted by molar-refractivity contribution is 9.10. The van der Waals surface area contributed by atoms with Gasteiger partial charge in [0.05, 0.1) is 16.0 Å². The van der Waals surface area contributed by atoms with Crippen molar-refractivity contribution in [3.05, 3.63) is 22.7 Å². The Bertz CT molecular complexity index is 557. The molecule has 0 spiro atoms. The summed E-state index contributed by atoms with van der Waals surface area (Å²) in [6.07, 6.45) is 1.85. The van der Waals surface area contributed by atoms with Crippen LogP contribution in [0.5, 0.6) is 5.75 Å². The molecule has 1 saturated heterocycles. The number of hydrogen-bond acceptors (Lipinski definition) is 4. The third-order valence-electron chi connectivity index (χ3n) is 3.13. The van der Waals surface area contributed by atoms with E-state index in [1.165, 1.54) is 0 Å². The van der Waals surface area contributed by atoms with E-state index in [9.17, 15) is 8.42 Å². The number of piperidine rings is 1. The number of benzene rings is 1. The molecule has 0 aliphatic carbocycles. The summed E-state index contributed by atoms with van der Waals surface area (Å²) in [6, 6.07) is 4.76. The summed E-state index contributed by atoms with van der Waals surface area (Å²) in [5.74, 6) is 0.644. The van der Waals surface area contributed by atoms with Crippen LogP contribution in [0.15, 0.2) is 27.6 Å². The molecule has 0 amide bonds. The molecule has 1 heterocycles. The van der Waals surface area contributed by atoms with Gasteiger partial charge in [0, 0.05) is 12.6 Å². The lowest BCUT2D eigenvalue weighted by Gasteiger charge is -2.23. The van der Waals surface area contributed by atoms with Gasteiger partial charge in [-0.2, -0.15) is 0 Å². The Kier molecular flexibility index (Phi) is 5.42. The molecule has 1 aromatic carbocycles. The fourth-order valence-corrected chi connectivity index (χ4v) is 4.10. The highest BCUT2D eigenvalue weighted by atomic mass is 79.9. The molecule has 5 nitrogen and oxygen atoms in total. The van der Waals surface area contributed by atoms with Gasteiger partial charge < -0.3 is 10.1 Å². The third kappa shape index (κ3) is 3.94. The van der Waals surface area contributed by atoms with Crippen LogP contribution in [-0.4, -0.2) is 34.2 Å². The highest BCUT2D eigenvalue weighted by Gasteiger charge is 2.22. The molecular formula is C13H19BrN2O3S. The molecule has 20 heavy (non-hydrogen) atoms. The molecule has 1 aromatic rings. The molecule has 1 aliphatic rings. The topological polar surface area (TPSA) is 67.4 Å². The Labute approximate surface area is 128 Å². The summed E-state index contributed by atoms with van der Waals surface area (Å²) in [6.45, 7) is 4.05. The molecular weight excluding hydrogens is 344 g/mol. The first-order valence-corrected chi connectivity index (χ1v) is 8.96. The molecule has 0 bridgehead atoms. The fourth-order valence-electron chi connectivity index (χ4n) is 2.16. The number of nitrogens with one attached hydrogen (secondary N) is 2. The second-order valence-electron chi connectivity index (χ2n) is 4.69. The van der Waals surface area contributed by atoms with Crippen LogP contribution in [0.25, 0.3) is 0 Å². The zero-order valence-electron chi connectivity index (χ0n) is 11.4. The first-order chi connectivity index (χ1) is 9.53. The SMILES string of the molecule is CCOc1ccc(S(=O)(=O)NC2CCCNC2)cc1Br. The van der Waals surface area contributed by atoms with Crippen molar-refractivity contribution in [3.63, 3.8) is 0 Å². The minimum absolute atomic E-state index is 0.0425. The maximum absolute atomic E-state index is 12.3. The molecule has 1 atom stereocenters. The first-order valence-electron chi connectivity index (χ1n) is 6.68. The van der Waals surface area contributed by atoms with Gasteiger partial charge in [0.1, 0.15) is 5.75 Å². The minimum Gasteiger partial charge on any atom is -0.493 e. The standard InChI is InChI=1S/C13H19BrN2O3S/c1-2-19-13-6-5-11(8-12(13)14)20(17,18)16-10-4-3-7-15-9-10/h5-6,8,10,15-16H,2-4,7,9H2,1H3. The highest BCUT2D eigenvalue weighted by Crippen LogP contribution is 2.28. The summed E-state index contributed by atoms with van der Waals surface area (Å²) < 4.78 is 33.4. The van der Waals surface area contributed by atoms with Crippen molar-refractivity contribution in [3.8, 4) is 5.75 Å². The maximum Gasteiger partial charge on any atom is 0.240 e. The van der Waals surface area contributed by atoms with Gasteiger partial charge in [-0.1, -0.05) is 0 Å². The van der Waals surface area contributed by atoms with E-state index in [1.54, 1.807) is 18.2 Å². The minimum atomic E-state index is -3.49. The van der Waals surface area contributed by atoms with E-state index in [4.69, 9.17) is 4.74 Å². The molecule has 2 rings (SSSR count). The van der Waals surface area contributed by atoms with E-state index in [2.05, 4.69) is 26.0 Å². The van der Waals surface area contributed by atoms with Crippen LogP contribution in [0.4, 0.5) is 0 Å². The van der Waals surface area contributed by atoms with Crippen molar-refractivity contribution in [2.75, 3.05) is 19.7 Å². The maximum atomic E-state index is 12.3. The summed E-state index contributed by atoms with van der Waals surface area (Å²) in [5, 5.41) is 3.19. The average Bonchev–Trinajstić information content (AvgIpc) is 2.42. The van der Waals surface area contributed by atoms with Gasteiger partial charge >= 0.3 is 0 Å². The van der Waals surface area contributed by atoms with E-state index in [0.717, 1.165) is 19.4 Å². The quantitative estimate of drug-likeness (QED) is 0.838. The summed E-state index contributed by atoms with van der Waals surface area (Å²) in [4.78, 5) is 0.249. The summed E-state index contributed by atoms with van der Waals surface area (Å²) in [5.41, 5.74) is 0. The average molecular weight is 363 g/mol. The Morgan fingerprint density at radius 1 is 1.50 bits per heavy atom. The molecule has 0 aromatic heterocycles. The van der Waals surface area contributed by atoms with Gasteiger partial charge in [-0.25, -0.2) is 13.1 Å². The summed E-state index contributed by atoms with van der Waals surface area (Å²) in [7, 11) is -3.49. The zero-order valence-corrected chi connectivity index (χ0v) is 13.8. The number of hydrogen-bond donors (Lipinski definition) is 2. The van der Waals surface area contributed by atoms with Crippen LogP contribution in [0, 0.1) is 0 Å². The van der Waals surface area contributed by atoms with Gasteiger partial charge in [-0.05, 0) is 60.4 Å². The summed E-state index contributed by atoms with van der Waals surface area (Å²) >= 11 is 3.34. The van der Waals surface area contributed by atoms with Crippen molar-refractivity contribution >= 4 is 26.0 Å². The van der Waals surface area contributed by atoms with Gasteiger partial charge in [0.15, 0.2) is 0 Å². The molecule has 1 aliphatic heterocycles. The van der Waals surface area contributed by atoms with Crippen LogP contribution >= 0.6 is 15.9 Å². The van der Waals surface area contributed by atoms with E-state index < -0.39 is 10.0 Å². The number of rotatable bonds is 5. The molecule has 1 unspecified atom stereocenters. The van der Waals surface area contributed by atoms with Crippen LogP contribution in [0.3, 0.4) is 0 Å². The van der Waals surface area contributed by atoms with Crippen LogP contribution < -0.4 is 14.8 Å². The number of sulfonamides is 1. The molecule has 7 heteroatoms. The van der Waals surface area contributed by atoms with E-state index in [1.807, 2.05) is 6.92 Å². The second-order valence-corrected chi connectivity index (χ2v) is 7.26. The lowest BCUT2D eigenvalue weighted by molar-refractivity contribution is 0.338. The monoisotopic (exact) mass is 362 g/mol. The van der Waals surface area contributed by atoms with E-state index >= 15 is 0 Å². The van der Waals surface area contributed by atoms with Crippen molar-refractivity contribution in [1.29, 1.82) is 0 Å². The Hall–Kier alpha value is -0.630. The lowest BCUT2D eigenvalue weighted by Crippen LogP contribution is -2.45. The molecule has 0 radical (unpaired) electrons. The smallest absolute Gasteiger partial charge is 0.240 e. The Morgan fingerprint density at radius 3 is 2.90 bits per heavy atom. The van der Waals surface area contributed by atoms with Crippen molar-refractivity contribution in [2.24, 2.45) is 0 Å². The van der Waals surface area contributed by atoms with Crippen LogP contribution in [0.1, 0.15) is 19.8 Å².